The Bertz CT molecular complexity index is 598. The van der Waals surface area contributed by atoms with Gasteiger partial charge in [0.05, 0.1) is 19.8 Å². The molecule has 2 aromatic carbocycles. The fourth-order valence-electron chi connectivity index (χ4n) is 1.86. The van der Waals surface area contributed by atoms with E-state index in [1.54, 1.807) is 7.11 Å². The van der Waals surface area contributed by atoms with E-state index in [1.165, 1.54) is 7.11 Å². The molecule has 0 saturated carbocycles. The van der Waals surface area contributed by atoms with Gasteiger partial charge in [0.25, 0.3) is 0 Å². The largest absolute Gasteiger partial charge is 0.497 e. The lowest BCUT2D eigenvalue weighted by Crippen LogP contribution is -2.03. The third kappa shape index (κ3) is 3.26. The van der Waals surface area contributed by atoms with E-state index in [0.717, 1.165) is 16.9 Å². The number of esters is 1. The highest BCUT2D eigenvalue weighted by Gasteiger charge is 2.12. The van der Waals surface area contributed by atoms with Gasteiger partial charge in [-0.3, -0.25) is 0 Å². The number of methoxy groups -OCH3 is 2. The number of rotatable bonds is 4. The van der Waals surface area contributed by atoms with Crippen LogP contribution in [0.25, 0.3) is 11.6 Å². The van der Waals surface area contributed by atoms with Gasteiger partial charge < -0.3 is 9.47 Å². The Balaban J connectivity index is 2.42. The van der Waals surface area contributed by atoms with Gasteiger partial charge in [0.2, 0.25) is 0 Å². The molecule has 0 saturated heterocycles. The Hall–Kier alpha value is -2.55. The number of carbonyl (C=O) groups is 1. The molecule has 0 radical (unpaired) electrons. The van der Waals surface area contributed by atoms with Crippen LogP contribution in [0, 0.1) is 0 Å². The Kier molecular flexibility index (Phi) is 4.56. The molecule has 0 atom stereocenters. The van der Waals surface area contributed by atoms with Gasteiger partial charge in [0.15, 0.2) is 0 Å². The summed E-state index contributed by atoms with van der Waals surface area (Å²) in [5.41, 5.74) is 2.26. The number of ether oxygens (including phenoxy) is 2. The van der Waals surface area contributed by atoms with Crippen LogP contribution < -0.4 is 4.74 Å². The molecule has 3 heteroatoms. The van der Waals surface area contributed by atoms with Crippen molar-refractivity contribution in [3.8, 4) is 5.75 Å². The van der Waals surface area contributed by atoms with Crippen molar-refractivity contribution in [2.24, 2.45) is 0 Å². The molecule has 2 aromatic rings. The van der Waals surface area contributed by atoms with Crippen LogP contribution in [-0.4, -0.2) is 20.2 Å². The Morgan fingerprint density at radius 1 is 0.950 bits per heavy atom. The van der Waals surface area contributed by atoms with Crippen LogP contribution >= 0.6 is 0 Å². The van der Waals surface area contributed by atoms with Gasteiger partial charge >= 0.3 is 5.97 Å². The zero-order valence-corrected chi connectivity index (χ0v) is 11.5. The maximum absolute atomic E-state index is 11.9. The van der Waals surface area contributed by atoms with Crippen LogP contribution in [0.15, 0.2) is 54.6 Å². The van der Waals surface area contributed by atoms with E-state index in [1.807, 2.05) is 60.7 Å². The second kappa shape index (κ2) is 6.57. The zero-order chi connectivity index (χ0) is 14.4. The summed E-state index contributed by atoms with van der Waals surface area (Å²) in [6, 6.07) is 17.0. The van der Waals surface area contributed by atoms with Gasteiger partial charge in [-0.1, -0.05) is 42.5 Å². The summed E-state index contributed by atoms with van der Waals surface area (Å²) < 4.78 is 9.98. The fourth-order valence-corrected chi connectivity index (χ4v) is 1.86. The second-order valence-electron chi connectivity index (χ2n) is 4.19. The highest BCUT2D eigenvalue weighted by atomic mass is 16.5. The number of benzene rings is 2. The third-order valence-electron chi connectivity index (χ3n) is 2.92. The highest BCUT2D eigenvalue weighted by Crippen LogP contribution is 2.22. The van der Waals surface area contributed by atoms with Crippen molar-refractivity contribution < 1.29 is 14.3 Å². The monoisotopic (exact) mass is 268 g/mol. The van der Waals surface area contributed by atoms with Gasteiger partial charge in [-0.25, -0.2) is 4.79 Å². The average Bonchev–Trinajstić information content (AvgIpc) is 2.53. The van der Waals surface area contributed by atoms with E-state index in [9.17, 15) is 4.79 Å². The molecule has 20 heavy (non-hydrogen) atoms. The van der Waals surface area contributed by atoms with Crippen LogP contribution in [0.4, 0.5) is 0 Å². The summed E-state index contributed by atoms with van der Waals surface area (Å²) in [5, 5.41) is 0. The minimum Gasteiger partial charge on any atom is -0.497 e. The second-order valence-corrected chi connectivity index (χ2v) is 4.19. The smallest absolute Gasteiger partial charge is 0.338 e. The van der Waals surface area contributed by atoms with Crippen LogP contribution in [0.2, 0.25) is 0 Å². The first-order chi connectivity index (χ1) is 9.74. The molecule has 102 valence electrons. The molecule has 0 unspecified atom stereocenters. The molecular weight excluding hydrogens is 252 g/mol. The van der Waals surface area contributed by atoms with Crippen molar-refractivity contribution in [3.05, 3.63) is 65.7 Å². The van der Waals surface area contributed by atoms with E-state index >= 15 is 0 Å². The number of hydrogen-bond donors (Lipinski definition) is 0. The lowest BCUT2D eigenvalue weighted by atomic mass is 10.0. The quantitative estimate of drug-likeness (QED) is 0.484. The standard InChI is InChI=1S/C17H16O3/c1-19-15-10-8-14(9-11-15)16(17(18)20-2)12-13-6-4-3-5-7-13/h3-12H,1-2H3/b16-12+. The maximum Gasteiger partial charge on any atom is 0.338 e. The van der Waals surface area contributed by atoms with E-state index in [0.29, 0.717) is 5.57 Å². The summed E-state index contributed by atoms with van der Waals surface area (Å²) in [7, 11) is 2.99. The number of hydrogen-bond acceptors (Lipinski definition) is 3. The molecule has 0 aliphatic heterocycles. The lowest BCUT2D eigenvalue weighted by molar-refractivity contribution is -0.133. The minimum atomic E-state index is -0.362. The highest BCUT2D eigenvalue weighted by molar-refractivity contribution is 6.21. The molecule has 0 N–H and O–H groups in total. The normalized spacial score (nSPS) is 11.0. The molecule has 2 rings (SSSR count). The first-order valence-corrected chi connectivity index (χ1v) is 6.24. The molecular formula is C17H16O3. The third-order valence-corrected chi connectivity index (χ3v) is 2.92. The first kappa shape index (κ1) is 13.9. The van der Waals surface area contributed by atoms with Gasteiger partial charge in [-0.15, -0.1) is 0 Å². The summed E-state index contributed by atoms with van der Waals surface area (Å²) in [5.74, 6) is 0.386. The molecule has 0 amide bonds. The minimum absolute atomic E-state index is 0.362. The van der Waals surface area contributed by atoms with Gasteiger partial charge in [-0.2, -0.15) is 0 Å². The molecule has 0 fully saturated rings. The van der Waals surface area contributed by atoms with Gasteiger partial charge in [-0.05, 0) is 29.3 Å². The Morgan fingerprint density at radius 3 is 2.15 bits per heavy atom. The fraction of sp³-hybridized carbons (Fsp3) is 0.118. The average molecular weight is 268 g/mol. The van der Waals surface area contributed by atoms with Crippen LogP contribution in [0.5, 0.6) is 5.75 Å². The van der Waals surface area contributed by atoms with Crippen molar-refractivity contribution >= 4 is 17.6 Å². The predicted octanol–water partition coefficient (Wildman–Crippen LogP) is 3.41. The van der Waals surface area contributed by atoms with Gasteiger partial charge in [0, 0.05) is 0 Å². The van der Waals surface area contributed by atoms with E-state index in [-0.39, 0.29) is 5.97 Å². The maximum atomic E-state index is 11.9. The van der Waals surface area contributed by atoms with Crippen molar-refractivity contribution in [3.63, 3.8) is 0 Å². The van der Waals surface area contributed by atoms with Crippen molar-refractivity contribution in [2.45, 2.75) is 0 Å². The molecule has 0 aromatic heterocycles. The Labute approximate surface area is 118 Å². The van der Waals surface area contributed by atoms with Gasteiger partial charge in [0.1, 0.15) is 5.75 Å². The molecule has 0 bridgehead atoms. The molecule has 0 aliphatic carbocycles. The topological polar surface area (TPSA) is 35.5 Å². The van der Waals surface area contributed by atoms with Crippen molar-refractivity contribution in [2.75, 3.05) is 14.2 Å². The van der Waals surface area contributed by atoms with E-state index in [2.05, 4.69) is 0 Å². The number of carbonyl (C=O) groups excluding carboxylic acids is 1. The first-order valence-electron chi connectivity index (χ1n) is 6.24. The predicted molar refractivity (Wildman–Crippen MR) is 79.3 cm³/mol. The molecule has 0 spiro atoms. The SMILES string of the molecule is COC(=O)/C(=C/c1ccccc1)c1ccc(OC)cc1. The molecule has 0 heterocycles. The van der Waals surface area contributed by atoms with Crippen molar-refractivity contribution in [1.29, 1.82) is 0 Å². The van der Waals surface area contributed by atoms with E-state index < -0.39 is 0 Å². The lowest BCUT2D eigenvalue weighted by Gasteiger charge is -2.07. The summed E-state index contributed by atoms with van der Waals surface area (Å²) >= 11 is 0. The van der Waals surface area contributed by atoms with Crippen LogP contribution in [0.1, 0.15) is 11.1 Å². The van der Waals surface area contributed by atoms with Crippen molar-refractivity contribution in [1.82, 2.24) is 0 Å². The van der Waals surface area contributed by atoms with Crippen LogP contribution in [0.3, 0.4) is 0 Å². The van der Waals surface area contributed by atoms with E-state index in [4.69, 9.17) is 9.47 Å². The Morgan fingerprint density at radius 2 is 1.60 bits per heavy atom. The van der Waals surface area contributed by atoms with Crippen LogP contribution in [-0.2, 0) is 9.53 Å². The molecule has 3 nitrogen and oxygen atoms in total. The zero-order valence-electron chi connectivity index (χ0n) is 11.5. The molecule has 0 aliphatic rings. The summed E-state index contributed by atoms with van der Waals surface area (Å²) in [6.45, 7) is 0. The summed E-state index contributed by atoms with van der Waals surface area (Å²) in [6.07, 6.45) is 1.81. The summed E-state index contributed by atoms with van der Waals surface area (Å²) in [4.78, 5) is 11.9.